The van der Waals surface area contributed by atoms with E-state index in [2.05, 4.69) is 11.9 Å². The molecule has 0 bridgehead atoms. The number of hydrogen-bond acceptors (Lipinski definition) is 2. The maximum Gasteiger partial charge on any atom is 0.412 e. The Kier molecular flexibility index (Phi) is 5.27. The molecule has 0 aliphatic heterocycles. The summed E-state index contributed by atoms with van der Waals surface area (Å²) in [6.45, 7) is 9.21. The van der Waals surface area contributed by atoms with Crippen molar-refractivity contribution in [1.29, 1.82) is 0 Å². The molecule has 0 saturated carbocycles. The van der Waals surface area contributed by atoms with Crippen LogP contribution in [0.1, 0.15) is 26.3 Å². The van der Waals surface area contributed by atoms with Gasteiger partial charge < -0.3 is 4.74 Å². The number of halogens is 2. The quantitative estimate of drug-likeness (QED) is 0.803. The SMILES string of the molecule is C=C(CCl)c1ccc(NC(=O)OC(C)(C)C)cc1Cl. The van der Waals surface area contributed by atoms with Crippen LogP contribution in [0.15, 0.2) is 24.8 Å². The van der Waals surface area contributed by atoms with E-state index in [0.717, 1.165) is 11.1 Å². The van der Waals surface area contributed by atoms with E-state index in [9.17, 15) is 4.79 Å². The number of rotatable bonds is 3. The zero-order chi connectivity index (χ0) is 14.6. The minimum absolute atomic E-state index is 0.304. The molecule has 0 spiro atoms. The van der Waals surface area contributed by atoms with Crippen molar-refractivity contribution in [2.75, 3.05) is 11.2 Å². The highest BCUT2D eigenvalue weighted by molar-refractivity contribution is 6.33. The fourth-order valence-electron chi connectivity index (χ4n) is 1.37. The maximum absolute atomic E-state index is 11.6. The lowest BCUT2D eigenvalue weighted by molar-refractivity contribution is 0.0636. The number of carbonyl (C=O) groups excluding carboxylic acids is 1. The molecule has 0 aliphatic rings. The first kappa shape index (κ1) is 15.9. The first-order valence-corrected chi connectivity index (χ1v) is 6.68. The molecule has 0 radical (unpaired) electrons. The lowest BCUT2D eigenvalue weighted by Gasteiger charge is -2.19. The first-order chi connectivity index (χ1) is 8.73. The van der Waals surface area contributed by atoms with Gasteiger partial charge in [-0.25, -0.2) is 4.79 Å². The second kappa shape index (κ2) is 6.31. The van der Waals surface area contributed by atoms with Crippen LogP contribution in [0.2, 0.25) is 5.02 Å². The molecule has 1 N–H and O–H groups in total. The van der Waals surface area contributed by atoms with Crippen molar-refractivity contribution < 1.29 is 9.53 Å². The number of carbonyl (C=O) groups is 1. The topological polar surface area (TPSA) is 38.3 Å². The molecule has 0 atom stereocenters. The molecular weight excluding hydrogens is 285 g/mol. The predicted octanol–water partition coefficient (Wildman–Crippen LogP) is 4.94. The van der Waals surface area contributed by atoms with Gasteiger partial charge in [0.05, 0.1) is 5.02 Å². The molecule has 0 aliphatic carbocycles. The van der Waals surface area contributed by atoms with Crippen molar-refractivity contribution in [1.82, 2.24) is 0 Å². The first-order valence-electron chi connectivity index (χ1n) is 5.76. The Bertz CT molecular complexity index is 493. The molecule has 1 amide bonds. The lowest BCUT2D eigenvalue weighted by atomic mass is 10.1. The van der Waals surface area contributed by atoms with Crippen molar-refractivity contribution in [3.05, 3.63) is 35.4 Å². The van der Waals surface area contributed by atoms with E-state index in [0.29, 0.717) is 16.6 Å². The Hall–Kier alpha value is -1.19. The molecule has 19 heavy (non-hydrogen) atoms. The molecule has 104 valence electrons. The average Bonchev–Trinajstić information content (AvgIpc) is 2.25. The van der Waals surface area contributed by atoms with Crippen molar-refractivity contribution >= 4 is 40.6 Å². The number of ether oxygens (including phenoxy) is 1. The predicted molar refractivity (Wildman–Crippen MR) is 81.1 cm³/mol. The number of alkyl halides is 1. The third kappa shape index (κ3) is 5.13. The van der Waals surface area contributed by atoms with Crippen molar-refractivity contribution in [2.45, 2.75) is 26.4 Å². The number of nitrogens with one attached hydrogen (secondary N) is 1. The highest BCUT2D eigenvalue weighted by Crippen LogP contribution is 2.27. The van der Waals surface area contributed by atoms with Crippen molar-refractivity contribution in [3.63, 3.8) is 0 Å². The molecular formula is C14H17Cl2NO2. The van der Waals surface area contributed by atoms with Gasteiger partial charge in [-0.3, -0.25) is 5.32 Å². The zero-order valence-corrected chi connectivity index (χ0v) is 12.7. The Morgan fingerprint density at radius 1 is 1.42 bits per heavy atom. The summed E-state index contributed by atoms with van der Waals surface area (Å²) in [7, 11) is 0. The molecule has 1 rings (SSSR count). The van der Waals surface area contributed by atoms with Crippen LogP contribution in [0.5, 0.6) is 0 Å². The summed E-state index contributed by atoms with van der Waals surface area (Å²) in [4.78, 5) is 11.6. The Balaban J connectivity index is 2.79. The van der Waals surface area contributed by atoms with Crippen molar-refractivity contribution in [3.8, 4) is 0 Å². The van der Waals surface area contributed by atoms with Crippen LogP contribution in [0, 0.1) is 0 Å². The van der Waals surface area contributed by atoms with Gasteiger partial charge in [-0.15, -0.1) is 11.6 Å². The van der Waals surface area contributed by atoms with Gasteiger partial charge in [0.15, 0.2) is 0 Å². The molecule has 1 aromatic carbocycles. The van der Waals surface area contributed by atoms with E-state index < -0.39 is 11.7 Å². The molecule has 0 heterocycles. The van der Waals surface area contributed by atoms with Crippen LogP contribution >= 0.6 is 23.2 Å². The standard InChI is InChI=1S/C14H17Cl2NO2/c1-9(8-15)11-6-5-10(7-12(11)16)17-13(18)19-14(2,3)4/h5-7H,1,8H2,2-4H3,(H,17,18). The Labute approximate surface area is 123 Å². The van der Waals surface area contributed by atoms with Crippen LogP contribution < -0.4 is 5.32 Å². The minimum Gasteiger partial charge on any atom is -0.444 e. The van der Waals surface area contributed by atoms with Gasteiger partial charge in [-0.1, -0.05) is 24.2 Å². The van der Waals surface area contributed by atoms with E-state index in [1.165, 1.54) is 0 Å². The Morgan fingerprint density at radius 3 is 2.53 bits per heavy atom. The molecule has 0 fully saturated rings. The smallest absolute Gasteiger partial charge is 0.412 e. The van der Waals surface area contributed by atoms with Crippen LogP contribution in [0.3, 0.4) is 0 Å². The number of amides is 1. The molecule has 0 unspecified atom stereocenters. The summed E-state index contributed by atoms with van der Waals surface area (Å²) in [5, 5.41) is 3.10. The van der Waals surface area contributed by atoms with Crippen LogP contribution in [0.25, 0.3) is 5.57 Å². The largest absolute Gasteiger partial charge is 0.444 e. The molecule has 5 heteroatoms. The van der Waals surface area contributed by atoms with Gasteiger partial charge in [0, 0.05) is 11.6 Å². The number of benzene rings is 1. The van der Waals surface area contributed by atoms with Crippen LogP contribution in [-0.2, 0) is 4.74 Å². The number of allylic oxidation sites excluding steroid dienone is 1. The Morgan fingerprint density at radius 2 is 2.05 bits per heavy atom. The number of anilines is 1. The van der Waals surface area contributed by atoms with E-state index in [-0.39, 0.29) is 0 Å². The second-order valence-electron chi connectivity index (χ2n) is 5.06. The van der Waals surface area contributed by atoms with Crippen LogP contribution in [-0.4, -0.2) is 17.6 Å². The normalized spacial score (nSPS) is 11.0. The van der Waals surface area contributed by atoms with E-state index >= 15 is 0 Å². The summed E-state index contributed by atoms with van der Waals surface area (Å²) in [6, 6.07) is 5.13. The maximum atomic E-state index is 11.6. The minimum atomic E-state index is -0.541. The van der Waals surface area contributed by atoms with E-state index in [1.54, 1.807) is 39.0 Å². The fraction of sp³-hybridized carbons (Fsp3) is 0.357. The van der Waals surface area contributed by atoms with Gasteiger partial charge in [-0.05, 0) is 44.0 Å². The molecule has 0 aromatic heterocycles. The summed E-state index contributed by atoms with van der Waals surface area (Å²) >= 11 is 11.8. The van der Waals surface area contributed by atoms with Gasteiger partial charge >= 0.3 is 6.09 Å². The second-order valence-corrected chi connectivity index (χ2v) is 5.73. The molecule has 0 saturated heterocycles. The number of hydrogen-bond donors (Lipinski definition) is 1. The van der Waals surface area contributed by atoms with Gasteiger partial charge in [-0.2, -0.15) is 0 Å². The van der Waals surface area contributed by atoms with E-state index in [1.807, 2.05) is 0 Å². The molecule has 1 aromatic rings. The van der Waals surface area contributed by atoms with E-state index in [4.69, 9.17) is 27.9 Å². The van der Waals surface area contributed by atoms with Crippen LogP contribution in [0.4, 0.5) is 10.5 Å². The fourth-order valence-corrected chi connectivity index (χ4v) is 1.83. The van der Waals surface area contributed by atoms with Gasteiger partial charge in [0.25, 0.3) is 0 Å². The molecule has 3 nitrogen and oxygen atoms in total. The van der Waals surface area contributed by atoms with Crippen molar-refractivity contribution in [2.24, 2.45) is 0 Å². The summed E-state index contributed by atoms with van der Waals surface area (Å²) in [6.07, 6.45) is -0.521. The third-order valence-corrected chi connectivity index (χ3v) is 2.79. The summed E-state index contributed by atoms with van der Waals surface area (Å²) < 4.78 is 5.15. The third-order valence-electron chi connectivity index (χ3n) is 2.16. The van der Waals surface area contributed by atoms with Gasteiger partial charge in [0.1, 0.15) is 5.60 Å². The van der Waals surface area contributed by atoms with Gasteiger partial charge in [0.2, 0.25) is 0 Å². The monoisotopic (exact) mass is 301 g/mol. The lowest BCUT2D eigenvalue weighted by Crippen LogP contribution is -2.27. The summed E-state index contributed by atoms with van der Waals surface area (Å²) in [5.41, 5.74) is 1.52. The highest BCUT2D eigenvalue weighted by atomic mass is 35.5. The summed E-state index contributed by atoms with van der Waals surface area (Å²) in [5.74, 6) is 0.304. The zero-order valence-electron chi connectivity index (χ0n) is 11.2. The average molecular weight is 302 g/mol. The highest BCUT2D eigenvalue weighted by Gasteiger charge is 2.16.